The van der Waals surface area contributed by atoms with E-state index in [9.17, 15) is 19.2 Å². The van der Waals surface area contributed by atoms with E-state index in [0.717, 1.165) is 11.6 Å². The fraction of sp³-hybridized carbons (Fsp3) is 0.273. The van der Waals surface area contributed by atoms with Crippen LogP contribution < -0.4 is 5.43 Å². The average molecular weight is 395 g/mol. The van der Waals surface area contributed by atoms with Gasteiger partial charge >= 0.3 is 5.97 Å². The highest BCUT2D eigenvalue weighted by Gasteiger charge is 2.27. The van der Waals surface area contributed by atoms with Crippen LogP contribution in [0.5, 0.6) is 0 Å². The van der Waals surface area contributed by atoms with Gasteiger partial charge in [0.05, 0.1) is 11.1 Å². The fourth-order valence-electron chi connectivity index (χ4n) is 3.37. The van der Waals surface area contributed by atoms with Crippen molar-refractivity contribution >= 4 is 28.5 Å². The van der Waals surface area contributed by atoms with Gasteiger partial charge in [-0.25, -0.2) is 4.79 Å². The van der Waals surface area contributed by atoms with E-state index in [1.165, 1.54) is 13.8 Å². The number of Topliss-reactive ketones (excluding diaryl/α,β-unsaturated/α-hetero) is 2. The van der Waals surface area contributed by atoms with Gasteiger partial charge in [-0.05, 0) is 52.3 Å². The minimum Gasteiger partial charge on any atom is -0.449 e. The summed E-state index contributed by atoms with van der Waals surface area (Å²) in [6, 6.07) is 6.09. The number of aromatic nitrogens is 1. The number of ketones is 2. The molecule has 2 aromatic heterocycles. The molecule has 0 aliphatic carbocycles. The summed E-state index contributed by atoms with van der Waals surface area (Å²) < 4.78 is 10.7. The maximum atomic E-state index is 12.7. The van der Waals surface area contributed by atoms with Crippen molar-refractivity contribution in [3.63, 3.8) is 0 Å². The van der Waals surface area contributed by atoms with Gasteiger partial charge in [-0.15, -0.1) is 0 Å². The number of esters is 1. The molecular formula is C22H21NO6. The molecule has 0 spiro atoms. The van der Waals surface area contributed by atoms with Crippen LogP contribution in [0.3, 0.4) is 0 Å². The fourth-order valence-corrected chi connectivity index (χ4v) is 3.37. The lowest BCUT2D eigenvalue weighted by molar-refractivity contribution is 0.0288. The van der Waals surface area contributed by atoms with Crippen molar-refractivity contribution in [2.45, 2.75) is 40.7 Å². The molecule has 29 heavy (non-hydrogen) atoms. The number of fused-ring (bicyclic) bond motifs is 1. The minimum absolute atomic E-state index is 0.159. The molecule has 0 saturated carbocycles. The van der Waals surface area contributed by atoms with Crippen molar-refractivity contribution in [1.82, 2.24) is 4.98 Å². The van der Waals surface area contributed by atoms with E-state index in [4.69, 9.17) is 9.15 Å². The lowest BCUT2D eigenvalue weighted by atomic mass is 10.0. The Morgan fingerprint density at radius 1 is 1.10 bits per heavy atom. The Balaban J connectivity index is 1.86. The second-order valence-electron chi connectivity index (χ2n) is 7.07. The Bertz CT molecular complexity index is 1210. The second-order valence-corrected chi connectivity index (χ2v) is 7.07. The number of aromatic amines is 1. The van der Waals surface area contributed by atoms with Crippen LogP contribution in [-0.2, 0) is 4.74 Å². The summed E-state index contributed by atoms with van der Waals surface area (Å²) in [4.78, 5) is 52.1. The molecule has 2 heterocycles. The third-order valence-corrected chi connectivity index (χ3v) is 4.77. The molecule has 150 valence electrons. The second kappa shape index (κ2) is 7.50. The number of hydrogen-bond acceptors (Lipinski definition) is 6. The van der Waals surface area contributed by atoms with Gasteiger partial charge in [-0.3, -0.25) is 14.4 Å². The van der Waals surface area contributed by atoms with Crippen molar-refractivity contribution in [2.24, 2.45) is 0 Å². The third kappa shape index (κ3) is 3.76. The van der Waals surface area contributed by atoms with Crippen LogP contribution in [0.2, 0.25) is 0 Å². The van der Waals surface area contributed by atoms with E-state index < -0.39 is 17.9 Å². The maximum absolute atomic E-state index is 12.7. The molecule has 1 N–H and O–H groups in total. The van der Waals surface area contributed by atoms with Gasteiger partial charge in [-0.2, -0.15) is 0 Å². The summed E-state index contributed by atoms with van der Waals surface area (Å²) >= 11 is 0. The van der Waals surface area contributed by atoms with E-state index in [0.29, 0.717) is 22.2 Å². The number of hydrogen-bond donors (Lipinski definition) is 1. The minimum atomic E-state index is -1.14. The first-order valence-corrected chi connectivity index (χ1v) is 9.10. The highest BCUT2D eigenvalue weighted by Crippen LogP contribution is 2.21. The van der Waals surface area contributed by atoms with Crippen molar-refractivity contribution in [3.05, 3.63) is 68.3 Å². The Morgan fingerprint density at radius 3 is 2.41 bits per heavy atom. The Hall–Kier alpha value is -3.48. The van der Waals surface area contributed by atoms with Gasteiger partial charge in [0.15, 0.2) is 17.3 Å². The first kappa shape index (κ1) is 20.3. The molecule has 0 aliphatic heterocycles. The zero-order valence-corrected chi connectivity index (χ0v) is 16.8. The molecular weight excluding hydrogens is 374 g/mol. The van der Waals surface area contributed by atoms with Crippen LogP contribution in [0.15, 0.2) is 33.5 Å². The molecule has 7 nitrogen and oxygen atoms in total. The third-order valence-electron chi connectivity index (χ3n) is 4.77. The van der Waals surface area contributed by atoms with Crippen LogP contribution in [0.4, 0.5) is 0 Å². The molecule has 0 fully saturated rings. The Labute approximate surface area is 166 Å². The smallest absolute Gasteiger partial charge is 0.375 e. The number of rotatable bonds is 5. The number of ether oxygens (including phenoxy) is 1. The maximum Gasteiger partial charge on any atom is 0.375 e. The molecule has 1 atom stereocenters. The van der Waals surface area contributed by atoms with E-state index in [1.54, 1.807) is 32.0 Å². The lowest BCUT2D eigenvalue weighted by Crippen LogP contribution is -2.25. The number of aryl methyl sites for hydroxylation is 2. The van der Waals surface area contributed by atoms with E-state index in [1.807, 2.05) is 6.92 Å². The summed E-state index contributed by atoms with van der Waals surface area (Å²) in [5.74, 6) is -1.84. The van der Waals surface area contributed by atoms with Gasteiger partial charge in [0.2, 0.25) is 11.5 Å². The zero-order valence-electron chi connectivity index (χ0n) is 16.8. The molecule has 0 aliphatic rings. The summed E-state index contributed by atoms with van der Waals surface area (Å²) in [5, 5.41) is 0.361. The SMILES string of the molecule is CC(=O)c1c(C)[nH]c(C(=O)[C@H](C)OC(=O)c2cc(=O)c3cc(C)ccc3o2)c1C. The first-order chi connectivity index (χ1) is 13.6. The van der Waals surface area contributed by atoms with Gasteiger partial charge < -0.3 is 14.1 Å². The van der Waals surface area contributed by atoms with E-state index in [-0.39, 0.29) is 28.2 Å². The molecule has 0 radical (unpaired) electrons. The average Bonchev–Trinajstić information content (AvgIpc) is 2.95. The van der Waals surface area contributed by atoms with Gasteiger partial charge in [0, 0.05) is 17.3 Å². The topological polar surface area (TPSA) is 106 Å². The predicted octanol–water partition coefficient (Wildman–Crippen LogP) is 3.68. The van der Waals surface area contributed by atoms with Crippen LogP contribution in [0.25, 0.3) is 11.0 Å². The van der Waals surface area contributed by atoms with E-state index >= 15 is 0 Å². The number of carbonyl (C=O) groups excluding carboxylic acids is 3. The van der Waals surface area contributed by atoms with Crippen LogP contribution in [0, 0.1) is 20.8 Å². The van der Waals surface area contributed by atoms with Crippen LogP contribution in [-0.4, -0.2) is 28.6 Å². The molecule has 1 aromatic carbocycles. The highest BCUT2D eigenvalue weighted by molar-refractivity contribution is 6.05. The summed E-state index contributed by atoms with van der Waals surface area (Å²) in [6.07, 6.45) is -1.14. The normalized spacial score (nSPS) is 12.0. The van der Waals surface area contributed by atoms with Gasteiger partial charge in [0.1, 0.15) is 5.58 Å². The number of nitrogens with one attached hydrogen (secondary N) is 1. The molecule has 0 bridgehead atoms. The summed E-state index contributed by atoms with van der Waals surface area (Å²) in [7, 11) is 0. The van der Waals surface area contributed by atoms with Crippen molar-refractivity contribution < 1.29 is 23.5 Å². The van der Waals surface area contributed by atoms with Crippen LogP contribution in [0.1, 0.15) is 62.1 Å². The highest BCUT2D eigenvalue weighted by atomic mass is 16.6. The molecule has 0 amide bonds. The van der Waals surface area contributed by atoms with Crippen LogP contribution >= 0.6 is 0 Å². The number of benzene rings is 1. The molecule has 0 saturated heterocycles. The van der Waals surface area contributed by atoms with Crippen molar-refractivity contribution in [1.29, 1.82) is 0 Å². The standard InChI is InChI=1S/C22H21NO6/c1-10-6-7-17-15(8-10)16(25)9-18(29-17)22(27)28-14(5)21(26)20-11(2)19(13(4)24)12(3)23-20/h6-9,14,23H,1-5H3/t14-/m0/s1. The lowest BCUT2D eigenvalue weighted by Gasteiger charge is -2.12. The quantitative estimate of drug-likeness (QED) is 0.522. The summed E-state index contributed by atoms with van der Waals surface area (Å²) in [6.45, 7) is 8.04. The van der Waals surface area contributed by atoms with Crippen molar-refractivity contribution in [3.8, 4) is 0 Å². The van der Waals surface area contributed by atoms with Gasteiger partial charge in [-0.1, -0.05) is 11.6 Å². The molecule has 3 aromatic rings. The monoisotopic (exact) mass is 395 g/mol. The zero-order chi connectivity index (χ0) is 21.5. The Kier molecular flexibility index (Phi) is 5.24. The molecule has 7 heteroatoms. The largest absolute Gasteiger partial charge is 0.449 e. The van der Waals surface area contributed by atoms with E-state index in [2.05, 4.69) is 4.98 Å². The number of carbonyl (C=O) groups is 3. The first-order valence-electron chi connectivity index (χ1n) is 9.10. The number of H-pyrrole nitrogens is 1. The van der Waals surface area contributed by atoms with Crippen molar-refractivity contribution in [2.75, 3.05) is 0 Å². The molecule has 0 unspecified atom stereocenters. The Morgan fingerprint density at radius 2 is 1.79 bits per heavy atom. The molecule has 3 rings (SSSR count). The van der Waals surface area contributed by atoms with Gasteiger partial charge in [0.25, 0.3) is 0 Å². The predicted molar refractivity (Wildman–Crippen MR) is 107 cm³/mol. The summed E-state index contributed by atoms with van der Waals surface area (Å²) in [5.41, 5.74) is 2.52.